The van der Waals surface area contributed by atoms with E-state index in [4.69, 9.17) is 25.5 Å². The van der Waals surface area contributed by atoms with Crippen molar-refractivity contribution in [3.63, 3.8) is 0 Å². The van der Waals surface area contributed by atoms with Crippen molar-refractivity contribution in [2.45, 2.75) is 12.8 Å². The molecule has 1 amide bonds. The number of amides is 1. The van der Waals surface area contributed by atoms with Crippen LogP contribution in [0.1, 0.15) is 12.3 Å². The predicted octanol–water partition coefficient (Wildman–Crippen LogP) is 4.86. The molecule has 0 saturated carbocycles. The molecule has 0 bridgehead atoms. The number of halogens is 3. The first kappa shape index (κ1) is 20.6. The van der Waals surface area contributed by atoms with Crippen LogP contribution in [0.4, 0.5) is 14.5 Å². The Kier molecular flexibility index (Phi) is 6.33. The molecule has 0 aliphatic rings. The van der Waals surface area contributed by atoms with E-state index in [1.807, 2.05) is 0 Å². The summed E-state index contributed by atoms with van der Waals surface area (Å²) in [5, 5.41) is 3.02. The third-order valence-electron chi connectivity index (χ3n) is 4.06. The fourth-order valence-electron chi connectivity index (χ4n) is 2.63. The second-order valence-electron chi connectivity index (χ2n) is 5.98. The third kappa shape index (κ3) is 4.83. The minimum atomic E-state index is -0.756. The first-order valence-corrected chi connectivity index (χ1v) is 8.90. The summed E-state index contributed by atoms with van der Waals surface area (Å²) in [6.45, 7) is 0. The topological polar surface area (TPSA) is 73.6 Å². The number of rotatable bonds is 7. The number of carbonyl (C=O) groups excluding carboxylic acids is 1. The molecule has 0 saturated heterocycles. The van der Waals surface area contributed by atoms with Gasteiger partial charge in [-0.2, -0.15) is 0 Å². The Hall–Kier alpha value is -3.13. The highest BCUT2D eigenvalue weighted by Gasteiger charge is 2.15. The van der Waals surface area contributed by atoms with Gasteiger partial charge in [0.05, 0.1) is 36.7 Å². The number of aryl methyl sites for hydroxylation is 1. The lowest BCUT2D eigenvalue weighted by atomic mass is 10.2. The van der Waals surface area contributed by atoms with Gasteiger partial charge in [0, 0.05) is 25.0 Å². The Bertz CT molecular complexity index is 1040. The van der Waals surface area contributed by atoms with E-state index < -0.39 is 11.6 Å². The van der Waals surface area contributed by atoms with Crippen molar-refractivity contribution in [3.8, 4) is 22.8 Å². The normalized spacial score (nSPS) is 10.7. The van der Waals surface area contributed by atoms with Crippen molar-refractivity contribution in [2.24, 2.45) is 0 Å². The van der Waals surface area contributed by atoms with Gasteiger partial charge in [0.1, 0.15) is 23.1 Å². The fraction of sp³-hybridized carbons (Fsp3) is 0.200. The molecule has 0 aliphatic carbocycles. The zero-order valence-corrected chi connectivity index (χ0v) is 16.3. The number of carbonyl (C=O) groups is 1. The van der Waals surface area contributed by atoms with Crippen molar-refractivity contribution in [3.05, 3.63) is 59.1 Å². The van der Waals surface area contributed by atoms with Crippen LogP contribution >= 0.6 is 11.6 Å². The molecule has 0 atom stereocenters. The average molecular weight is 423 g/mol. The van der Waals surface area contributed by atoms with E-state index in [1.165, 1.54) is 32.5 Å². The second-order valence-corrected chi connectivity index (χ2v) is 6.38. The molecule has 29 heavy (non-hydrogen) atoms. The number of hydrogen-bond acceptors (Lipinski definition) is 5. The molecule has 3 aromatic rings. The summed E-state index contributed by atoms with van der Waals surface area (Å²) in [5.74, 6) is -0.547. The highest BCUT2D eigenvalue weighted by Crippen LogP contribution is 2.36. The van der Waals surface area contributed by atoms with Crippen LogP contribution in [0.3, 0.4) is 0 Å². The number of nitrogens with zero attached hydrogens (tertiary/aromatic N) is 1. The number of hydrogen-bond donors (Lipinski definition) is 1. The fourth-order valence-corrected chi connectivity index (χ4v) is 2.87. The van der Waals surface area contributed by atoms with Crippen LogP contribution in [-0.2, 0) is 11.2 Å². The average Bonchev–Trinajstić information content (AvgIpc) is 3.15. The smallest absolute Gasteiger partial charge is 0.224 e. The van der Waals surface area contributed by atoms with Gasteiger partial charge >= 0.3 is 0 Å². The molecule has 0 fully saturated rings. The van der Waals surface area contributed by atoms with Crippen molar-refractivity contribution < 1.29 is 27.5 Å². The van der Waals surface area contributed by atoms with E-state index >= 15 is 0 Å². The quantitative estimate of drug-likeness (QED) is 0.588. The van der Waals surface area contributed by atoms with Crippen molar-refractivity contribution in [1.82, 2.24) is 4.98 Å². The Morgan fingerprint density at radius 1 is 1.17 bits per heavy atom. The maximum absolute atomic E-state index is 13.8. The van der Waals surface area contributed by atoms with Crippen LogP contribution in [0.25, 0.3) is 11.3 Å². The molecule has 0 radical (unpaired) electrons. The molecular weight excluding hydrogens is 406 g/mol. The van der Waals surface area contributed by atoms with E-state index in [0.717, 1.165) is 12.1 Å². The van der Waals surface area contributed by atoms with Crippen molar-refractivity contribution in [2.75, 3.05) is 19.5 Å². The zero-order valence-electron chi connectivity index (χ0n) is 15.6. The summed E-state index contributed by atoms with van der Waals surface area (Å²) in [6, 6.07) is 6.24. The lowest BCUT2D eigenvalue weighted by Gasteiger charge is -2.12. The SMILES string of the molecule is COc1cc(OC)c(NC(=O)CCc2ncc(-c3ccc(F)cc3F)o2)cc1Cl. The number of ether oxygens (including phenoxy) is 2. The highest BCUT2D eigenvalue weighted by molar-refractivity contribution is 6.32. The number of aromatic nitrogens is 1. The highest BCUT2D eigenvalue weighted by atomic mass is 35.5. The van der Waals surface area contributed by atoms with Crippen LogP contribution in [0, 0.1) is 11.6 Å². The van der Waals surface area contributed by atoms with Gasteiger partial charge in [-0.25, -0.2) is 13.8 Å². The van der Waals surface area contributed by atoms with Gasteiger partial charge < -0.3 is 19.2 Å². The summed E-state index contributed by atoms with van der Waals surface area (Å²) < 4.78 is 42.7. The lowest BCUT2D eigenvalue weighted by Crippen LogP contribution is -2.13. The number of oxazole rings is 1. The minimum Gasteiger partial charge on any atom is -0.495 e. The molecule has 1 aromatic heterocycles. The number of nitrogens with one attached hydrogen (secondary N) is 1. The molecule has 6 nitrogen and oxygen atoms in total. The first-order chi connectivity index (χ1) is 13.9. The number of benzene rings is 2. The molecule has 152 valence electrons. The lowest BCUT2D eigenvalue weighted by molar-refractivity contribution is -0.116. The summed E-state index contributed by atoms with van der Waals surface area (Å²) >= 11 is 6.09. The van der Waals surface area contributed by atoms with E-state index in [9.17, 15) is 13.6 Å². The second kappa shape index (κ2) is 8.91. The van der Waals surface area contributed by atoms with Gasteiger partial charge in [-0.05, 0) is 18.2 Å². The predicted molar refractivity (Wildman–Crippen MR) is 103 cm³/mol. The molecular formula is C20H17ClF2N2O4. The van der Waals surface area contributed by atoms with Crippen LogP contribution in [0.2, 0.25) is 5.02 Å². The standard InChI is InChI=1S/C20H17ClF2N2O4/c1-27-16-9-17(28-2)15(8-13(16)21)25-19(26)5-6-20-24-10-18(29-20)12-4-3-11(22)7-14(12)23/h3-4,7-10H,5-6H2,1-2H3,(H,25,26). The Morgan fingerprint density at radius 2 is 1.93 bits per heavy atom. The van der Waals surface area contributed by atoms with Gasteiger partial charge in [-0.15, -0.1) is 0 Å². The molecule has 0 unspecified atom stereocenters. The molecule has 1 heterocycles. The molecule has 3 rings (SSSR count). The third-order valence-corrected chi connectivity index (χ3v) is 4.36. The van der Waals surface area contributed by atoms with Crippen LogP contribution in [0.5, 0.6) is 11.5 Å². The van der Waals surface area contributed by atoms with E-state index in [0.29, 0.717) is 22.2 Å². The summed E-state index contributed by atoms with van der Waals surface area (Å²) in [4.78, 5) is 16.3. The summed E-state index contributed by atoms with van der Waals surface area (Å²) in [5.41, 5.74) is 0.483. The molecule has 0 spiro atoms. The van der Waals surface area contributed by atoms with Gasteiger partial charge in [0.25, 0.3) is 0 Å². The molecule has 2 aromatic carbocycles. The van der Waals surface area contributed by atoms with Crippen molar-refractivity contribution >= 4 is 23.2 Å². The molecule has 1 N–H and O–H groups in total. The van der Waals surface area contributed by atoms with Gasteiger partial charge in [-0.1, -0.05) is 11.6 Å². The van der Waals surface area contributed by atoms with E-state index in [1.54, 1.807) is 6.07 Å². The van der Waals surface area contributed by atoms with E-state index in [2.05, 4.69) is 10.3 Å². The van der Waals surface area contributed by atoms with Gasteiger partial charge in [-0.3, -0.25) is 4.79 Å². The maximum Gasteiger partial charge on any atom is 0.224 e. The minimum absolute atomic E-state index is 0.0542. The first-order valence-electron chi connectivity index (χ1n) is 8.52. The van der Waals surface area contributed by atoms with Crippen LogP contribution < -0.4 is 14.8 Å². The number of anilines is 1. The van der Waals surface area contributed by atoms with Gasteiger partial charge in [0.2, 0.25) is 5.91 Å². The molecule has 9 heteroatoms. The Balaban J connectivity index is 1.65. The summed E-state index contributed by atoms with van der Waals surface area (Å²) in [6.07, 6.45) is 1.56. The monoisotopic (exact) mass is 422 g/mol. The van der Waals surface area contributed by atoms with Gasteiger partial charge in [0.15, 0.2) is 11.7 Å². The number of methoxy groups -OCH3 is 2. The zero-order chi connectivity index (χ0) is 21.0. The Labute approximate surface area is 170 Å². The Morgan fingerprint density at radius 3 is 2.62 bits per heavy atom. The van der Waals surface area contributed by atoms with Crippen LogP contribution in [-0.4, -0.2) is 25.1 Å². The van der Waals surface area contributed by atoms with E-state index in [-0.39, 0.29) is 36.0 Å². The molecule has 0 aliphatic heterocycles. The van der Waals surface area contributed by atoms with Crippen molar-refractivity contribution in [1.29, 1.82) is 0 Å². The maximum atomic E-state index is 13.8. The largest absolute Gasteiger partial charge is 0.495 e. The van der Waals surface area contributed by atoms with Crippen LogP contribution in [0.15, 0.2) is 40.9 Å². The summed E-state index contributed by atoms with van der Waals surface area (Å²) in [7, 11) is 2.93.